The summed E-state index contributed by atoms with van der Waals surface area (Å²) in [4.78, 5) is 0. The highest BCUT2D eigenvalue weighted by molar-refractivity contribution is 5.44. The molecule has 0 saturated heterocycles. The fourth-order valence-electron chi connectivity index (χ4n) is 5.54. The topological polar surface area (TPSA) is 73.1 Å². The van der Waals surface area contributed by atoms with Crippen LogP contribution in [-0.2, 0) is 17.6 Å². The summed E-state index contributed by atoms with van der Waals surface area (Å²) in [7, 11) is 0. The number of tetrazole rings is 1. The van der Waals surface area contributed by atoms with Crippen LogP contribution < -0.4 is 4.74 Å². The van der Waals surface area contributed by atoms with Crippen LogP contribution in [0.15, 0.2) is 48.8 Å². The smallest absolute Gasteiger partial charge is 0.406 e. The molecule has 0 amide bonds. The summed E-state index contributed by atoms with van der Waals surface area (Å²) in [6.45, 7) is -0.895. The predicted molar refractivity (Wildman–Crippen MR) is 104 cm³/mol. The van der Waals surface area contributed by atoms with E-state index in [0.29, 0.717) is 11.6 Å². The normalized spacial score (nSPS) is 25.4. The maximum absolute atomic E-state index is 16.1. The molecular formula is C22H17F7N4O2. The van der Waals surface area contributed by atoms with E-state index in [4.69, 9.17) is 0 Å². The number of aliphatic hydroxyl groups is 1. The molecule has 2 aromatic carbocycles. The van der Waals surface area contributed by atoms with E-state index in [-0.39, 0.29) is 19.3 Å². The van der Waals surface area contributed by atoms with Crippen LogP contribution in [0.25, 0.3) is 0 Å². The Hall–Kier alpha value is -3.22. The number of alkyl halides is 5. The molecule has 1 atom stereocenters. The third-order valence-electron chi connectivity index (χ3n) is 7.08. The van der Waals surface area contributed by atoms with Gasteiger partial charge in [-0.15, -0.1) is 18.3 Å². The Labute approximate surface area is 193 Å². The molecule has 13 heteroatoms. The van der Waals surface area contributed by atoms with Crippen molar-refractivity contribution in [3.05, 3.63) is 71.6 Å². The average molecular weight is 502 g/mol. The number of benzene rings is 2. The molecule has 1 heterocycles. The van der Waals surface area contributed by atoms with Gasteiger partial charge in [0, 0.05) is 17.0 Å². The lowest BCUT2D eigenvalue weighted by Crippen LogP contribution is -2.76. The summed E-state index contributed by atoms with van der Waals surface area (Å²) in [5.74, 6) is -6.68. The first-order chi connectivity index (χ1) is 16.3. The minimum atomic E-state index is -4.86. The molecule has 3 aromatic rings. The van der Waals surface area contributed by atoms with E-state index in [2.05, 4.69) is 20.3 Å². The van der Waals surface area contributed by atoms with Gasteiger partial charge in [-0.2, -0.15) is 0 Å². The van der Waals surface area contributed by atoms with Gasteiger partial charge in [-0.1, -0.05) is 12.1 Å². The number of nitrogens with zero attached hydrogens (tertiary/aromatic N) is 4. The Morgan fingerprint density at radius 2 is 1.63 bits per heavy atom. The molecule has 0 aliphatic heterocycles. The second kappa shape index (κ2) is 7.39. The van der Waals surface area contributed by atoms with Crippen molar-refractivity contribution < 1.29 is 40.6 Å². The molecular weight excluding hydrogens is 485 g/mol. The Kier molecular flexibility index (Phi) is 4.97. The Morgan fingerprint density at radius 3 is 2.17 bits per heavy atom. The van der Waals surface area contributed by atoms with Crippen molar-refractivity contribution in [2.24, 2.45) is 5.41 Å². The molecule has 1 aromatic heterocycles. The molecule has 0 spiro atoms. The van der Waals surface area contributed by atoms with E-state index in [1.165, 1.54) is 12.1 Å². The highest BCUT2D eigenvalue weighted by Crippen LogP contribution is 2.80. The van der Waals surface area contributed by atoms with Gasteiger partial charge in [-0.25, -0.2) is 22.2 Å². The summed E-state index contributed by atoms with van der Waals surface area (Å²) in [5.41, 5.74) is -5.78. The molecule has 1 unspecified atom stereocenters. The second-order valence-corrected chi connectivity index (χ2v) is 9.23. The van der Waals surface area contributed by atoms with Crippen molar-refractivity contribution >= 4 is 0 Å². The van der Waals surface area contributed by atoms with Crippen LogP contribution in [0.1, 0.15) is 30.4 Å². The Morgan fingerprint density at radius 1 is 0.971 bits per heavy atom. The number of rotatable bonds is 7. The maximum Gasteiger partial charge on any atom is 0.573 e. The van der Waals surface area contributed by atoms with Crippen LogP contribution in [0.4, 0.5) is 30.7 Å². The lowest BCUT2D eigenvalue weighted by Gasteiger charge is -2.74. The minimum Gasteiger partial charge on any atom is -0.406 e. The highest BCUT2D eigenvalue weighted by atomic mass is 19.4. The molecule has 3 saturated carbocycles. The summed E-state index contributed by atoms with van der Waals surface area (Å²) >= 11 is 0. The molecule has 0 radical (unpaired) electrons. The van der Waals surface area contributed by atoms with Crippen LogP contribution in [-0.4, -0.2) is 37.6 Å². The molecule has 1 N–H and O–H groups in total. The SMILES string of the molecule is OC(Cn1cnnn1)(c1ccc(F)cc1F)C(F)(F)C12CC(c3ccc(OC(F)(F)F)cc3)(C1)C2. The number of ether oxygens (including phenoxy) is 1. The van der Waals surface area contributed by atoms with Crippen molar-refractivity contribution in [1.29, 1.82) is 0 Å². The van der Waals surface area contributed by atoms with E-state index in [0.717, 1.165) is 35.3 Å². The van der Waals surface area contributed by atoms with Crippen LogP contribution in [0.5, 0.6) is 5.75 Å². The summed E-state index contributed by atoms with van der Waals surface area (Å²) in [6.07, 6.45) is -4.15. The van der Waals surface area contributed by atoms with E-state index >= 15 is 8.78 Å². The van der Waals surface area contributed by atoms with E-state index in [1.807, 2.05) is 0 Å². The van der Waals surface area contributed by atoms with E-state index in [1.54, 1.807) is 0 Å². The molecule has 6 rings (SSSR count). The third-order valence-corrected chi connectivity index (χ3v) is 7.08. The Bertz CT molecular complexity index is 1230. The van der Waals surface area contributed by atoms with Crippen molar-refractivity contribution in [3.8, 4) is 5.75 Å². The van der Waals surface area contributed by atoms with E-state index in [9.17, 15) is 27.1 Å². The lowest BCUT2D eigenvalue weighted by molar-refractivity contribution is -0.347. The third kappa shape index (κ3) is 3.55. The van der Waals surface area contributed by atoms with Crippen molar-refractivity contribution in [3.63, 3.8) is 0 Å². The zero-order valence-electron chi connectivity index (χ0n) is 17.7. The van der Waals surface area contributed by atoms with Gasteiger partial charge in [-0.3, -0.25) is 0 Å². The van der Waals surface area contributed by atoms with Crippen molar-refractivity contribution in [1.82, 2.24) is 20.2 Å². The minimum absolute atomic E-state index is 0.0901. The summed E-state index contributed by atoms with van der Waals surface area (Å²) < 4.78 is 102. The van der Waals surface area contributed by atoms with Gasteiger partial charge in [0.25, 0.3) is 5.92 Å². The fourth-order valence-corrected chi connectivity index (χ4v) is 5.54. The maximum atomic E-state index is 16.1. The van der Waals surface area contributed by atoms with Crippen molar-refractivity contribution in [2.75, 3.05) is 0 Å². The van der Waals surface area contributed by atoms with Gasteiger partial charge in [0.1, 0.15) is 23.7 Å². The Balaban J connectivity index is 1.43. The number of halogens is 7. The van der Waals surface area contributed by atoms with Gasteiger partial charge in [0.2, 0.25) is 0 Å². The lowest BCUT2D eigenvalue weighted by atomic mass is 9.30. The largest absolute Gasteiger partial charge is 0.573 e. The number of hydrogen-bond acceptors (Lipinski definition) is 5. The van der Waals surface area contributed by atoms with Gasteiger partial charge in [-0.05, 0) is 64.9 Å². The van der Waals surface area contributed by atoms with Crippen LogP contribution in [0.3, 0.4) is 0 Å². The van der Waals surface area contributed by atoms with Gasteiger partial charge >= 0.3 is 6.36 Å². The quantitative estimate of drug-likeness (QED) is 0.482. The summed E-state index contributed by atoms with van der Waals surface area (Å²) in [5, 5.41) is 21.5. The second-order valence-electron chi connectivity index (χ2n) is 9.23. The van der Waals surface area contributed by atoms with Gasteiger partial charge < -0.3 is 9.84 Å². The van der Waals surface area contributed by atoms with Crippen molar-refractivity contribution in [2.45, 2.75) is 49.1 Å². The number of hydrogen-bond donors (Lipinski definition) is 1. The molecule has 2 bridgehead atoms. The van der Waals surface area contributed by atoms with Gasteiger partial charge in [0.15, 0.2) is 5.60 Å². The molecule has 3 aliphatic rings. The fraction of sp³-hybridized carbons (Fsp3) is 0.409. The first-order valence-electron chi connectivity index (χ1n) is 10.4. The number of aromatic nitrogens is 4. The van der Waals surface area contributed by atoms with Crippen LogP contribution >= 0.6 is 0 Å². The first kappa shape index (κ1) is 23.5. The first-order valence-corrected chi connectivity index (χ1v) is 10.4. The monoisotopic (exact) mass is 502 g/mol. The van der Waals surface area contributed by atoms with Crippen LogP contribution in [0, 0.1) is 17.0 Å². The molecule has 3 fully saturated rings. The highest BCUT2D eigenvalue weighted by Gasteiger charge is 2.82. The zero-order valence-corrected chi connectivity index (χ0v) is 17.7. The summed E-state index contributed by atoms with van der Waals surface area (Å²) in [6, 6.07) is 6.93. The van der Waals surface area contributed by atoms with Gasteiger partial charge in [0.05, 0.1) is 6.54 Å². The van der Waals surface area contributed by atoms with E-state index < -0.39 is 58.2 Å². The molecule has 35 heavy (non-hydrogen) atoms. The predicted octanol–water partition coefficient (Wildman–Crippen LogP) is 4.49. The molecule has 186 valence electrons. The zero-order chi connectivity index (χ0) is 25.3. The van der Waals surface area contributed by atoms with Crippen LogP contribution in [0.2, 0.25) is 0 Å². The standard InChI is InChI=1S/C22H17F7N4O2/c23-14-3-6-16(17(24)7-14)20(34,11-33-12-30-31-32-33)21(25,26)19-8-18(9-19,10-19)13-1-4-15(5-2-13)35-22(27,28)29/h1-7,12,34H,8-11H2. The average Bonchev–Trinajstić information content (AvgIpc) is 3.18. The molecule has 3 aliphatic carbocycles. The molecule has 6 nitrogen and oxygen atoms in total.